The molecule has 1 N–H and O–H groups in total. The van der Waals surface area contributed by atoms with Gasteiger partial charge in [0.2, 0.25) is 5.91 Å². The molecule has 0 atom stereocenters. The summed E-state index contributed by atoms with van der Waals surface area (Å²) in [5.41, 5.74) is 1.26. The van der Waals surface area contributed by atoms with Crippen molar-refractivity contribution in [2.24, 2.45) is 0 Å². The number of benzene rings is 1. The lowest BCUT2D eigenvalue weighted by atomic mass is 10.0. The lowest BCUT2D eigenvalue weighted by molar-refractivity contribution is -0.117. The lowest BCUT2D eigenvalue weighted by Crippen LogP contribution is -2.26. The Bertz CT molecular complexity index is 1310. The maximum absolute atomic E-state index is 13.3. The largest absolute Gasteiger partial charge is 0.462 e. The van der Waals surface area contributed by atoms with Crippen LogP contribution in [0.5, 0.6) is 0 Å². The standard InChI is InChI=1S/C21H16FN3O5S2/c1-2-29-20(27)17-14(12-5-7-13(22)8-6-12)11-32-19(17)23-16(26)10-25-21(28)30-18(24-25)15-4-3-9-31-15/h3-9,11H,2,10H2,1H3,(H,23,26). The molecule has 0 saturated carbocycles. The predicted octanol–water partition coefficient (Wildman–Crippen LogP) is 4.25. The van der Waals surface area contributed by atoms with Crippen LogP contribution in [0.3, 0.4) is 0 Å². The molecule has 1 aromatic carbocycles. The summed E-state index contributed by atoms with van der Waals surface area (Å²) in [6.45, 7) is 1.41. The Balaban J connectivity index is 1.58. The van der Waals surface area contributed by atoms with Crippen LogP contribution >= 0.6 is 22.7 Å². The van der Waals surface area contributed by atoms with Gasteiger partial charge in [0, 0.05) is 10.9 Å². The number of nitrogens with zero attached hydrogens (tertiary/aromatic N) is 2. The minimum absolute atomic E-state index is 0.125. The zero-order valence-corrected chi connectivity index (χ0v) is 18.3. The Kier molecular flexibility index (Phi) is 6.28. The number of nitrogens with one attached hydrogen (secondary N) is 1. The third-order valence-corrected chi connectivity index (χ3v) is 6.06. The number of aromatic nitrogens is 2. The highest BCUT2D eigenvalue weighted by molar-refractivity contribution is 7.15. The van der Waals surface area contributed by atoms with Gasteiger partial charge in [0.05, 0.1) is 11.5 Å². The normalized spacial score (nSPS) is 10.8. The molecule has 164 valence electrons. The Labute approximate surface area is 188 Å². The third kappa shape index (κ3) is 4.53. The van der Waals surface area contributed by atoms with E-state index in [2.05, 4.69) is 10.4 Å². The first-order chi connectivity index (χ1) is 15.5. The molecule has 4 rings (SSSR count). The third-order valence-electron chi connectivity index (χ3n) is 4.31. The number of ether oxygens (including phenoxy) is 1. The second-order valence-corrected chi connectivity index (χ2v) is 8.26. The molecule has 0 fully saturated rings. The van der Waals surface area contributed by atoms with Gasteiger partial charge in [0.25, 0.3) is 5.89 Å². The van der Waals surface area contributed by atoms with Gasteiger partial charge >= 0.3 is 11.7 Å². The maximum Gasteiger partial charge on any atom is 0.437 e. The summed E-state index contributed by atoms with van der Waals surface area (Å²) in [5.74, 6) is -2.25. The van der Waals surface area contributed by atoms with Crippen LogP contribution in [0.4, 0.5) is 9.39 Å². The molecule has 3 aromatic heterocycles. The zero-order chi connectivity index (χ0) is 22.7. The average Bonchev–Trinajstić information content (AvgIpc) is 3.50. The van der Waals surface area contributed by atoms with E-state index < -0.39 is 30.0 Å². The van der Waals surface area contributed by atoms with Crippen LogP contribution < -0.4 is 11.1 Å². The predicted molar refractivity (Wildman–Crippen MR) is 118 cm³/mol. The first-order valence-corrected chi connectivity index (χ1v) is 11.2. The first-order valence-electron chi connectivity index (χ1n) is 9.42. The summed E-state index contributed by atoms with van der Waals surface area (Å²) in [5, 5.41) is 10.4. The molecule has 11 heteroatoms. The summed E-state index contributed by atoms with van der Waals surface area (Å²) < 4.78 is 24.4. The molecule has 0 saturated heterocycles. The van der Waals surface area contributed by atoms with Crippen molar-refractivity contribution in [3.05, 3.63) is 69.1 Å². The molecular formula is C21H16FN3O5S2. The van der Waals surface area contributed by atoms with Crippen molar-refractivity contribution in [1.29, 1.82) is 0 Å². The monoisotopic (exact) mass is 473 g/mol. The van der Waals surface area contributed by atoms with Crippen LogP contribution in [0.25, 0.3) is 21.9 Å². The molecular weight excluding hydrogens is 457 g/mol. The van der Waals surface area contributed by atoms with Gasteiger partial charge in [0.1, 0.15) is 22.9 Å². The topological polar surface area (TPSA) is 103 Å². The number of anilines is 1. The number of halogens is 1. The van der Waals surface area contributed by atoms with Crippen LogP contribution in [0, 0.1) is 5.82 Å². The number of hydrogen-bond acceptors (Lipinski definition) is 8. The molecule has 32 heavy (non-hydrogen) atoms. The number of esters is 1. The van der Waals surface area contributed by atoms with E-state index in [1.807, 2.05) is 5.38 Å². The molecule has 4 aromatic rings. The highest BCUT2D eigenvalue weighted by Gasteiger charge is 2.23. The van der Waals surface area contributed by atoms with Gasteiger partial charge in [0.15, 0.2) is 0 Å². The number of carbonyl (C=O) groups excluding carboxylic acids is 2. The Hall–Kier alpha value is -3.57. The van der Waals surface area contributed by atoms with Gasteiger partial charge in [-0.05, 0) is 36.1 Å². The maximum atomic E-state index is 13.3. The fraction of sp³-hybridized carbons (Fsp3) is 0.143. The number of thiophene rings is 2. The van der Waals surface area contributed by atoms with Crippen molar-refractivity contribution in [3.8, 4) is 21.9 Å². The minimum Gasteiger partial charge on any atom is -0.462 e. The fourth-order valence-electron chi connectivity index (χ4n) is 2.91. The lowest BCUT2D eigenvalue weighted by Gasteiger charge is -2.08. The number of carbonyl (C=O) groups is 2. The van der Waals surface area contributed by atoms with Crippen molar-refractivity contribution in [1.82, 2.24) is 9.78 Å². The average molecular weight is 474 g/mol. The van der Waals surface area contributed by atoms with E-state index in [9.17, 15) is 18.8 Å². The highest BCUT2D eigenvalue weighted by atomic mass is 32.1. The van der Waals surface area contributed by atoms with E-state index in [-0.39, 0.29) is 23.1 Å². The molecule has 0 aliphatic rings. The summed E-state index contributed by atoms with van der Waals surface area (Å²) in [4.78, 5) is 37.9. The van der Waals surface area contributed by atoms with E-state index in [1.54, 1.807) is 24.4 Å². The van der Waals surface area contributed by atoms with Crippen LogP contribution in [-0.2, 0) is 16.1 Å². The van der Waals surface area contributed by atoms with E-state index >= 15 is 0 Å². The van der Waals surface area contributed by atoms with Gasteiger partial charge in [-0.2, -0.15) is 4.68 Å². The molecule has 0 spiro atoms. The van der Waals surface area contributed by atoms with E-state index in [1.165, 1.54) is 35.6 Å². The van der Waals surface area contributed by atoms with E-state index in [0.717, 1.165) is 16.0 Å². The van der Waals surface area contributed by atoms with Crippen LogP contribution in [0.15, 0.2) is 56.4 Å². The van der Waals surface area contributed by atoms with E-state index in [0.29, 0.717) is 16.0 Å². The number of amides is 1. The second kappa shape index (κ2) is 9.28. The van der Waals surface area contributed by atoms with Gasteiger partial charge in [-0.15, -0.1) is 27.8 Å². The van der Waals surface area contributed by atoms with Gasteiger partial charge in [-0.3, -0.25) is 4.79 Å². The summed E-state index contributed by atoms with van der Waals surface area (Å²) in [7, 11) is 0. The zero-order valence-electron chi connectivity index (χ0n) is 16.7. The molecule has 3 heterocycles. The molecule has 0 aliphatic heterocycles. The highest BCUT2D eigenvalue weighted by Crippen LogP contribution is 2.36. The first kappa shape index (κ1) is 21.7. The summed E-state index contributed by atoms with van der Waals surface area (Å²) >= 11 is 2.47. The Morgan fingerprint density at radius 2 is 2.00 bits per heavy atom. The van der Waals surface area contributed by atoms with E-state index in [4.69, 9.17) is 9.15 Å². The minimum atomic E-state index is -0.771. The van der Waals surface area contributed by atoms with Crippen molar-refractivity contribution >= 4 is 39.6 Å². The molecule has 0 radical (unpaired) electrons. The molecule has 8 nitrogen and oxygen atoms in total. The Morgan fingerprint density at radius 1 is 1.22 bits per heavy atom. The van der Waals surface area contributed by atoms with Gasteiger partial charge < -0.3 is 14.5 Å². The molecule has 0 aliphatic carbocycles. The SMILES string of the molecule is CCOC(=O)c1c(-c2ccc(F)cc2)csc1NC(=O)Cn1nc(-c2cccs2)oc1=O. The smallest absolute Gasteiger partial charge is 0.437 e. The summed E-state index contributed by atoms with van der Waals surface area (Å²) in [6, 6.07) is 9.16. The van der Waals surface area contributed by atoms with Gasteiger partial charge in [-0.1, -0.05) is 18.2 Å². The molecule has 0 bridgehead atoms. The van der Waals surface area contributed by atoms with Crippen LogP contribution in [0.2, 0.25) is 0 Å². The number of rotatable bonds is 7. The fourth-order valence-corrected chi connectivity index (χ4v) is 4.52. The summed E-state index contributed by atoms with van der Waals surface area (Å²) in [6.07, 6.45) is 0. The molecule has 1 amide bonds. The van der Waals surface area contributed by atoms with Crippen LogP contribution in [-0.4, -0.2) is 28.3 Å². The quantitative estimate of drug-likeness (QED) is 0.403. The number of hydrogen-bond donors (Lipinski definition) is 1. The van der Waals surface area contributed by atoms with Crippen molar-refractivity contribution in [2.75, 3.05) is 11.9 Å². The van der Waals surface area contributed by atoms with Crippen molar-refractivity contribution in [2.45, 2.75) is 13.5 Å². The van der Waals surface area contributed by atoms with Crippen molar-refractivity contribution < 1.29 is 23.1 Å². The molecule has 0 unspecified atom stereocenters. The second-order valence-electron chi connectivity index (χ2n) is 6.44. The Morgan fingerprint density at radius 3 is 2.69 bits per heavy atom. The van der Waals surface area contributed by atoms with Crippen LogP contribution in [0.1, 0.15) is 17.3 Å². The van der Waals surface area contributed by atoms with Gasteiger partial charge in [-0.25, -0.2) is 14.0 Å². The van der Waals surface area contributed by atoms with Crippen molar-refractivity contribution in [3.63, 3.8) is 0 Å².